The van der Waals surface area contributed by atoms with Crippen molar-refractivity contribution in [3.8, 4) is 11.1 Å². The molecular weight excluding hydrogens is 278 g/mol. The standard InChI is InChI=1S/C16H25N3OSi/c1-13-5-6-14(9-16(13)17)15-10-18-19(11-15)12-20-7-8-21(2,3)4/h5-6,9-11H,7-8,12,17H2,1-4H3. The van der Waals surface area contributed by atoms with Crippen molar-refractivity contribution in [2.75, 3.05) is 12.3 Å². The third-order valence-corrected chi connectivity index (χ3v) is 5.17. The van der Waals surface area contributed by atoms with E-state index in [0.717, 1.165) is 29.0 Å². The van der Waals surface area contributed by atoms with E-state index in [1.807, 2.05) is 36.1 Å². The summed E-state index contributed by atoms with van der Waals surface area (Å²) in [6, 6.07) is 7.27. The Morgan fingerprint density at radius 2 is 2.00 bits per heavy atom. The maximum atomic E-state index is 5.96. The summed E-state index contributed by atoms with van der Waals surface area (Å²) in [6.07, 6.45) is 3.85. The Morgan fingerprint density at radius 3 is 2.67 bits per heavy atom. The molecule has 0 saturated heterocycles. The smallest absolute Gasteiger partial charge is 0.139 e. The van der Waals surface area contributed by atoms with Gasteiger partial charge >= 0.3 is 0 Å². The Morgan fingerprint density at radius 1 is 1.24 bits per heavy atom. The molecule has 0 unspecified atom stereocenters. The topological polar surface area (TPSA) is 53.1 Å². The molecule has 2 rings (SSSR count). The zero-order chi connectivity index (χ0) is 15.5. The second kappa shape index (κ2) is 6.45. The fraction of sp³-hybridized carbons (Fsp3) is 0.438. The lowest BCUT2D eigenvalue weighted by Crippen LogP contribution is -2.22. The first-order valence-electron chi connectivity index (χ1n) is 7.32. The number of nitrogens with two attached hydrogens (primary N) is 1. The minimum Gasteiger partial charge on any atom is -0.398 e. The molecule has 0 spiro atoms. The van der Waals surface area contributed by atoms with Crippen LogP contribution in [-0.2, 0) is 11.5 Å². The Kier molecular flexibility index (Phi) is 4.85. The summed E-state index contributed by atoms with van der Waals surface area (Å²) in [5.74, 6) is 0. The summed E-state index contributed by atoms with van der Waals surface area (Å²) in [5, 5.41) is 4.34. The van der Waals surface area contributed by atoms with Crippen molar-refractivity contribution in [2.45, 2.75) is 39.3 Å². The molecule has 1 heterocycles. The molecule has 0 aliphatic carbocycles. The molecule has 5 heteroatoms. The van der Waals surface area contributed by atoms with E-state index in [9.17, 15) is 0 Å². The lowest BCUT2D eigenvalue weighted by molar-refractivity contribution is 0.0786. The van der Waals surface area contributed by atoms with Crippen molar-refractivity contribution in [1.82, 2.24) is 9.78 Å². The number of hydrogen-bond acceptors (Lipinski definition) is 3. The number of benzene rings is 1. The average molecular weight is 303 g/mol. The Balaban J connectivity index is 1.93. The first-order chi connectivity index (χ1) is 9.85. The monoisotopic (exact) mass is 303 g/mol. The molecule has 0 bridgehead atoms. The van der Waals surface area contributed by atoms with E-state index in [-0.39, 0.29) is 0 Å². The highest BCUT2D eigenvalue weighted by Gasteiger charge is 2.12. The van der Waals surface area contributed by atoms with Gasteiger partial charge in [-0.15, -0.1) is 0 Å². The summed E-state index contributed by atoms with van der Waals surface area (Å²) in [6.45, 7) is 10.4. The van der Waals surface area contributed by atoms with Gasteiger partial charge in [0.2, 0.25) is 0 Å². The number of rotatable bonds is 6. The second-order valence-corrected chi connectivity index (χ2v) is 12.3. The van der Waals surface area contributed by atoms with Crippen LogP contribution < -0.4 is 5.73 Å². The van der Waals surface area contributed by atoms with Gasteiger partial charge in [-0.1, -0.05) is 31.8 Å². The summed E-state index contributed by atoms with van der Waals surface area (Å²) in [4.78, 5) is 0. The molecule has 1 aromatic carbocycles. The lowest BCUT2D eigenvalue weighted by atomic mass is 10.1. The minimum atomic E-state index is -1.02. The van der Waals surface area contributed by atoms with Gasteiger partial charge in [0, 0.05) is 32.1 Å². The van der Waals surface area contributed by atoms with Crippen LogP contribution in [0.25, 0.3) is 11.1 Å². The van der Waals surface area contributed by atoms with Crippen molar-refractivity contribution >= 4 is 13.8 Å². The molecule has 2 aromatic rings. The number of nitrogens with zero attached hydrogens (tertiary/aromatic N) is 2. The van der Waals surface area contributed by atoms with Crippen LogP contribution >= 0.6 is 0 Å². The van der Waals surface area contributed by atoms with E-state index in [0.29, 0.717) is 6.73 Å². The van der Waals surface area contributed by atoms with Crippen molar-refractivity contribution in [3.63, 3.8) is 0 Å². The number of ether oxygens (including phenoxy) is 1. The maximum absolute atomic E-state index is 5.96. The highest BCUT2D eigenvalue weighted by atomic mass is 28.3. The lowest BCUT2D eigenvalue weighted by Gasteiger charge is -2.15. The molecule has 0 radical (unpaired) electrons. The molecule has 0 aliphatic heterocycles. The highest BCUT2D eigenvalue weighted by Crippen LogP contribution is 2.23. The number of aromatic nitrogens is 2. The summed E-state index contributed by atoms with van der Waals surface area (Å²) < 4.78 is 7.53. The van der Waals surface area contributed by atoms with Gasteiger partial charge in [-0.2, -0.15) is 5.10 Å². The van der Waals surface area contributed by atoms with E-state index in [1.54, 1.807) is 0 Å². The van der Waals surface area contributed by atoms with Crippen LogP contribution in [0.2, 0.25) is 25.7 Å². The van der Waals surface area contributed by atoms with E-state index in [4.69, 9.17) is 10.5 Å². The van der Waals surface area contributed by atoms with Crippen LogP contribution in [0.15, 0.2) is 30.6 Å². The van der Waals surface area contributed by atoms with Crippen molar-refractivity contribution in [2.24, 2.45) is 0 Å². The van der Waals surface area contributed by atoms with Crippen molar-refractivity contribution < 1.29 is 4.74 Å². The quantitative estimate of drug-likeness (QED) is 0.502. The SMILES string of the molecule is Cc1ccc(-c2cnn(COCC[Si](C)(C)C)c2)cc1N. The largest absolute Gasteiger partial charge is 0.398 e. The number of aryl methyl sites for hydroxylation is 1. The van der Waals surface area contributed by atoms with Gasteiger partial charge in [-0.3, -0.25) is 0 Å². The normalized spacial score (nSPS) is 11.8. The Bertz CT molecular complexity index is 602. The van der Waals surface area contributed by atoms with Gasteiger partial charge in [0.15, 0.2) is 0 Å². The van der Waals surface area contributed by atoms with Crippen LogP contribution in [0.5, 0.6) is 0 Å². The van der Waals surface area contributed by atoms with Crippen LogP contribution in [0.1, 0.15) is 5.56 Å². The van der Waals surface area contributed by atoms with Crippen molar-refractivity contribution in [3.05, 3.63) is 36.2 Å². The second-order valence-electron chi connectivity index (χ2n) is 6.69. The first-order valence-corrected chi connectivity index (χ1v) is 11.0. The highest BCUT2D eigenvalue weighted by molar-refractivity contribution is 6.76. The fourth-order valence-corrected chi connectivity index (χ4v) is 2.70. The van der Waals surface area contributed by atoms with Gasteiger partial charge in [0.1, 0.15) is 6.73 Å². The fourth-order valence-electron chi connectivity index (χ4n) is 1.94. The molecule has 0 aliphatic rings. The predicted molar refractivity (Wildman–Crippen MR) is 90.9 cm³/mol. The molecule has 1 aromatic heterocycles. The van der Waals surface area contributed by atoms with Gasteiger partial charge in [-0.25, -0.2) is 4.68 Å². The minimum absolute atomic E-state index is 0.506. The van der Waals surface area contributed by atoms with Gasteiger partial charge in [-0.05, 0) is 30.2 Å². The van der Waals surface area contributed by atoms with E-state index < -0.39 is 8.07 Å². The van der Waals surface area contributed by atoms with Crippen LogP contribution in [0.3, 0.4) is 0 Å². The van der Waals surface area contributed by atoms with Gasteiger partial charge in [0.25, 0.3) is 0 Å². The van der Waals surface area contributed by atoms with Gasteiger partial charge < -0.3 is 10.5 Å². The maximum Gasteiger partial charge on any atom is 0.139 e. The zero-order valence-electron chi connectivity index (χ0n) is 13.4. The average Bonchev–Trinajstić information content (AvgIpc) is 2.86. The molecule has 0 saturated carbocycles. The molecule has 0 atom stereocenters. The van der Waals surface area contributed by atoms with Gasteiger partial charge in [0.05, 0.1) is 6.20 Å². The van der Waals surface area contributed by atoms with Crippen LogP contribution in [0.4, 0.5) is 5.69 Å². The number of anilines is 1. The Labute approximate surface area is 127 Å². The third-order valence-electron chi connectivity index (χ3n) is 3.47. The Hall–Kier alpha value is -1.59. The van der Waals surface area contributed by atoms with Crippen LogP contribution in [-0.4, -0.2) is 24.5 Å². The predicted octanol–water partition coefficient (Wildman–Crippen LogP) is 3.75. The van der Waals surface area contributed by atoms with E-state index in [2.05, 4.69) is 30.8 Å². The molecule has 0 fully saturated rings. The first kappa shape index (κ1) is 15.8. The molecule has 0 amide bonds. The number of nitrogen functional groups attached to an aromatic ring is 1. The van der Waals surface area contributed by atoms with Crippen LogP contribution in [0, 0.1) is 6.92 Å². The van der Waals surface area contributed by atoms with E-state index >= 15 is 0 Å². The van der Waals surface area contributed by atoms with E-state index in [1.165, 1.54) is 6.04 Å². The summed E-state index contributed by atoms with van der Waals surface area (Å²) >= 11 is 0. The summed E-state index contributed by atoms with van der Waals surface area (Å²) in [5.41, 5.74) is 10.0. The molecule has 2 N–H and O–H groups in total. The summed E-state index contributed by atoms with van der Waals surface area (Å²) in [7, 11) is -1.02. The zero-order valence-corrected chi connectivity index (χ0v) is 14.4. The van der Waals surface area contributed by atoms with Crippen molar-refractivity contribution in [1.29, 1.82) is 0 Å². The molecule has 21 heavy (non-hydrogen) atoms. The molecular formula is C16H25N3OSi. The molecule has 4 nitrogen and oxygen atoms in total. The third kappa shape index (κ3) is 4.72. The number of hydrogen-bond donors (Lipinski definition) is 1. The molecule has 114 valence electrons.